The number of hydrogen-bond donors (Lipinski definition) is 3. The van der Waals surface area contributed by atoms with Crippen molar-refractivity contribution in [1.82, 2.24) is 15.5 Å². The number of nitrogens with one attached hydrogen (secondary N) is 2. The molecule has 0 fully saturated rings. The third-order valence-electron chi connectivity index (χ3n) is 4.62. The second kappa shape index (κ2) is 9.41. The van der Waals surface area contributed by atoms with E-state index in [1.165, 1.54) is 0 Å². The molecule has 0 aliphatic heterocycles. The average molecular weight is 430 g/mol. The molecule has 30 heavy (non-hydrogen) atoms. The highest BCUT2D eigenvalue weighted by atomic mass is 35.5. The van der Waals surface area contributed by atoms with E-state index in [1.54, 1.807) is 13.0 Å². The normalized spacial score (nSPS) is 12.9. The third-order valence-corrected chi connectivity index (χ3v) is 4.86. The molecule has 0 aliphatic rings. The molecule has 0 spiro atoms. The van der Waals surface area contributed by atoms with Gasteiger partial charge in [-0.25, -0.2) is 9.89 Å². The summed E-state index contributed by atoms with van der Waals surface area (Å²) in [5.41, 5.74) is 2.87. The van der Waals surface area contributed by atoms with Crippen LogP contribution in [-0.4, -0.2) is 33.2 Å². The minimum atomic E-state index is -0.961. The highest BCUT2D eigenvalue weighted by Gasteiger charge is 2.23. The molecule has 9 heteroatoms. The van der Waals surface area contributed by atoms with Crippen molar-refractivity contribution in [2.75, 3.05) is 0 Å². The number of nitrogens with zero attached hydrogens (tertiary/aromatic N) is 1. The first-order valence-electron chi connectivity index (χ1n) is 9.26. The van der Waals surface area contributed by atoms with Crippen LogP contribution in [0.1, 0.15) is 29.6 Å². The summed E-state index contributed by atoms with van der Waals surface area (Å²) in [6.07, 6.45) is 0.597. The van der Waals surface area contributed by atoms with E-state index in [-0.39, 0.29) is 6.42 Å². The zero-order valence-electron chi connectivity index (χ0n) is 16.1. The second-order valence-electron chi connectivity index (χ2n) is 6.98. The maximum absolute atomic E-state index is 12.3. The predicted octanol–water partition coefficient (Wildman–Crippen LogP) is 3.14. The summed E-state index contributed by atoms with van der Waals surface area (Å²) >= 11 is 6.05. The van der Waals surface area contributed by atoms with Gasteiger partial charge in [0.25, 0.3) is 0 Å². The number of H-pyrrole nitrogens is 1. The van der Waals surface area contributed by atoms with E-state index < -0.39 is 35.5 Å². The van der Waals surface area contributed by atoms with Gasteiger partial charge in [-0.1, -0.05) is 54.9 Å². The lowest BCUT2D eigenvalue weighted by atomic mass is 9.95. The quantitative estimate of drug-likeness (QED) is 0.505. The Bertz CT molecular complexity index is 1090. The van der Waals surface area contributed by atoms with Crippen molar-refractivity contribution in [2.24, 2.45) is 5.92 Å². The molecule has 0 aliphatic carbocycles. The Morgan fingerprint density at radius 1 is 1.20 bits per heavy atom. The molecule has 0 radical (unpaired) electrons. The number of carboxylic acids is 1. The Morgan fingerprint density at radius 2 is 1.93 bits per heavy atom. The van der Waals surface area contributed by atoms with Crippen LogP contribution in [0.25, 0.3) is 11.1 Å². The molecule has 1 amide bonds. The maximum atomic E-state index is 12.3. The monoisotopic (exact) mass is 429 g/mol. The summed E-state index contributed by atoms with van der Waals surface area (Å²) in [6.45, 7) is 1.57. The minimum absolute atomic E-state index is 0.200. The van der Waals surface area contributed by atoms with Crippen LogP contribution in [0.5, 0.6) is 0 Å². The molecule has 156 valence electrons. The smallest absolute Gasteiger partial charge is 0.434 e. The minimum Gasteiger partial charge on any atom is -0.481 e. The van der Waals surface area contributed by atoms with Crippen molar-refractivity contribution in [3.8, 4) is 11.1 Å². The van der Waals surface area contributed by atoms with Gasteiger partial charge in [0.2, 0.25) is 0 Å². The molecule has 8 nitrogen and oxygen atoms in total. The van der Waals surface area contributed by atoms with Crippen molar-refractivity contribution in [1.29, 1.82) is 0 Å². The van der Waals surface area contributed by atoms with Crippen molar-refractivity contribution in [3.05, 3.63) is 75.6 Å². The van der Waals surface area contributed by atoms with E-state index in [4.69, 9.17) is 11.6 Å². The molecule has 2 atom stereocenters. The van der Waals surface area contributed by atoms with Crippen molar-refractivity contribution < 1.29 is 19.1 Å². The zero-order chi connectivity index (χ0) is 21.7. The van der Waals surface area contributed by atoms with Gasteiger partial charge in [0.1, 0.15) is 0 Å². The van der Waals surface area contributed by atoms with E-state index in [1.807, 2.05) is 47.6 Å². The van der Waals surface area contributed by atoms with Gasteiger partial charge in [0.05, 0.1) is 5.92 Å². The molecular formula is C21H20ClN3O5. The molecule has 0 saturated heterocycles. The fourth-order valence-electron chi connectivity index (χ4n) is 3.08. The lowest BCUT2D eigenvalue weighted by Gasteiger charge is -2.20. The Kier molecular flexibility index (Phi) is 6.68. The highest BCUT2D eigenvalue weighted by Crippen LogP contribution is 2.23. The predicted molar refractivity (Wildman–Crippen MR) is 110 cm³/mol. The average Bonchev–Trinajstić information content (AvgIpc) is 3.15. The number of aromatic nitrogens is 2. The number of aliphatic carboxylic acids is 1. The molecule has 0 bridgehead atoms. The lowest BCUT2D eigenvalue weighted by Crippen LogP contribution is -2.38. The standard InChI is InChI=1S/C21H20ClN3O5/c1-12(20(27)28)9-17(23-18(26)19-24-25-21(29)30-19)10-13-5-7-14(8-6-13)15-3-2-4-16(22)11-15/h2-8,11-12,17H,9-10H2,1H3,(H,23,26)(H,25,29)(H,27,28)/t12-,17?/m1/s1. The molecule has 3 N–H and O–H groups in total. The number of rotatable bonds is 8. The molecule has 1 heterocycles. The van der Waals surface area contributed by atoms with Crippen LogP contribution in [0.15, 0.2) is 57.7 Å². The van der Waals surface area contributed by atoms with Gasteiger partial charge in [0, 0.05) is 11.1 Å². The summed E-state index contributed by atoms with van der Waals surface area (Å²) < 4.78 is 4.66. The topological polar surface area (TPSA) is 125 Å². The molecule has 1 aromatic heterocycles. The van der Waals surface area contributed by atoms with Crippen molar-refractivity contribution in [2.45, 2.75) is 25.8 Å². The Hall–Kier alpha value is -3.39. The summed E-state index contributed by atoms with van der Waals surface area (Å²) in [7, 11) is 0. The fraction of sp³-hybridized carbons (Fsp3) is 0.238. The van der Waals surface area contributed by atoms with Gasteiger partial charge in [-0.05, 0) is 41.7 Å². The first-order chi connectivity index (χ1) is 14.3. The summed E-state index contributed by atoms with van der Waals surface area (Å²) in [5, 5.41) is 18.1. The number of carbonyl (C=O) groups excluding carboxylic acids is 1. The van der Waals surface area contributed by atoms with Crippen LogP contribution >= 0.6 is 11.6 Å². The van der Waals surface area contributed by atoms with Crippen LogP contribution in [0.4, 0.5) is 0 Å². The summed E-state index contributed by atoms with van der Waals surface area (Å²) in [5.74, 6) is -3.56. The zero-order valence-corrected chi connectivity index (χ0v) is 16.8. The number of carbonyl (C=O) groups is 2. The maximum Gasteiger partial charge on any atom is 0.434 e. The van der Waals surface area contributed by atoms with Gasteiger partial charge in [-0.2, -0.15) is 0 Å². The number of benzene rings is 2. The molecule has 1 unspecified atom stereocenters. The first-order valence-corrected chi connectivity index (χ1v) is 9.63. The Morgan fingerprint density at radius 3 is 2.53 bits per heavy atom. The van der Waals surface area contributed by atoms with Crippen LogP contribution in [-0.2, 0) is 11.2 Å². The lowest BCUT2D eigenvalue weighted by molar-refractivity contribution is -0.141. The van der Waals surface area contributed by atoms with E-state index in [0.717, 1.165) is 16.7 Å². The van der Waals surface area contributed by atoms with Crippen LogP contribution in [0.3, 0.4) is 0 Å². The van der Waals surface area contributed by atoms with Crippen molar-refractivity contribution in [3.63, 3.8) is 0 Å². The largest absolute Gasteiger partial charge is 0.481 e. The molecule has 3 rings (SSSR count). The second-order valence-corrected chi connectivity index (χ2v) is 7.41. The van der Waals surface area contributed by atoms with Gasteiger partial charge < -0.3 is 14.8 Å². The van der Waals surface area contributed by atoms with Crippen molar-refractivity contribution >= 4 is 23.5 Å². The highest BCUT2D eigenvalue weighted by molar-refractivity contribution is 6.30. The first kappa shape index (κ1) is 21.3. The number of hydrogen-bond acceptors (Lipinski definition) is 5. The molecule has 2 aromatic carbocycles. The number of amides is 1. The van der Waals surface area contributed by atoms with Gasteiger partial charge in [-0.15, -0.1) is 5.10 Å². The Labute approximate surface area is 176 Å². The molecule has 3 aromatic rings. The SMILES string of the molecule is C[C@H](CC(Cc1ccc(-c2cccc(Cl)c2)cc1)NC(=O)c1n[nH]c(=O)o1)C(=O)O. The summed E-state index contributed by atoms with van der Waals surface area (Å²) in [6, 6.07) is 14.7. The number of carboxylic acid groups (broad SMARTS) is 1. The van der Waals surface area contributed by atoms with Gasteiger partial charge in [-0.3, -0.25) is 9.59 Å². The van der Waals surface area contributed by atoms with Crippen LogP contribution < -0.4 is 11.1 Å². The number of halogens is 1. The Balaban J connectivity index is 1.75. The van der Waals surface area contributed by atoms with Gasteiger partial charge in [0.15, 0.2) is 0 Å². The van der Waals surface area contributed by atoms with Crippen LogP contribution in [0, 0.1) is 5.92 Å². The molecule has 0 saturated carbocycles. The van der Waals surface area contributed by atoms with E-state index >= 15 is 0 Å². The third kappa shape index (κ3) is 5.57. The summed E-state index contributed by atoms with van der Waals surface area (Å²) in [4.78, 5) is 34.6. The molecular weight excluding hydrogens is 410 g/mol. The van der Waals surface area contributed by atoms with Crippen LogP contribution in [0.2, 0.25) is 5.02 Å². The number of aromatic amines is 1. The van der Waals surface area contributed by atoms with E-state index in [9.17, 15) is 19.5 Å². The van der Waals surface area contributed by atoms with E-state index in [2.05, 4.69) is 14.8 Å². The fourth-order valence-corrected chi connectivity index (χ4v) is 3.27. The van der Waals surface area contributed by atoms with E-state index in [0.29, 0.717) is 11.4 Å². The van der Waals surface area contributed by atoms with Gasteiger partial charge >= 0.3 is 23.5 Å².